The number of ketones is 3. The van der Waals surface area contributed by atoms with E-state index in [-0.39, 0.29) is 28.0 Å². The first-order chi connectivity index (χ1) is 15.5. The number of aliphatic hydroxyl groups is 2. The number of carbonyl (C=O) groups is 4. The Balaban J connectivity index is 1.89. The number of esters is 1. The number of benzene rings is 2. The van der Waals surface area contributed by atoms with Crippen molar-refractivity contribution in [2.75, 3.05) is 13.7 Å². The lowest BCUT2D eigenvalue weighted by atomic mass is 9.72. The van der Waals surface area contributed by atoms with E-state index in [0.717, 1.165) is 6.92 Å². The van der Waals surface area contributed by atoms with Crippen molar-refractivity contribution in [1.29, 1.82) is 0 Å². The summed E-state index contributed by atoms with van der Waals surface area (Å²) in [4.78, 5) is 50.0. The quantitative estimate of drug-likeness (QED) is 0.324. The Bertz CT molecular complexity index is 1240. The third-order valence-electron chi connectivity index (χ3n) is 6.02. The Labute approximate surface area is 187 Å². The monoisotopic (exact) mass is 456 g/mol. The molecule has 2 aromatic rings. The molecule has 2 aromatic carbocycles. The maximum absolute atomic E-state index is 13.2. The van der Waals surface area contributed by atoms with Crippen LogP contribution in [-0.2, 0) is 20.7 Å². The van der Waals surface area contributed by atoms with Crippen LogP contribution in [0.1, 0.15) is 62.4 Å². The molecule has 0 saturated carbocycles. The molecule has 33 heavy (non-hydrogen) atoms. The van der Waals surface area contributed by atoms with Crippen molar-refractivity contribution in [3.63, 3.8) is 0 Å². The van der Waals surface area contributed by atoms with Gasteiger partial charge in [0.15, 0.2) is 12.4 Å². The summed E-state index contributed by atoms with van der Waals surface area (Å²) in [6, 6.07) is 4.32. The molecule has 0 aromatic heterocycles. The molecule has 10 nitrogen and oxygen atoms in total. The van der Waals surface area contributed by atoms with Gasteiger partial charge in [0.05, 0.1) is 29.9 Å². The first kappa shape index (κ1) is 22.4. The van der Waals surface area contributed by atoms with Crippen molar-refractivity contribution in [3.8, 4) is 17.2 Å². The number of rotatable bonds is 4. The van der Waals surface area contributed by atoms with E-state index in [4.69, 9.17) is 4.74 Å². The molecule has 0 saturated heterocycles. The zero-order valence-corrected chi connectivity index (χ0v) is 17.7. The van der Waals surface area contributed by atoms with Gasteiger partial charge in [-0.2, -0.15) is 0 Å². The molecule has 10 heteroatoms. The smallest absolute Gasteiger partial charge is 0.303 e. The van der Waals surface area contributed by atoms with E-state index in [1.807, 2.05) is 0 Å². The predicted molar refractivity (Wildman–Crippen MR) is 110 cm³/mol. The molecule has 0 radical (unpaired) electrons. The molecule has 0 bridgehead atoms. The minimum absolute atomic E-state index is 0.0564. The molecule has 0 amide bonds. The van der Waals surface area contributed by atoms with E-state index in [1.165, 1.54) is 25.3 Å². The molecular weight excluding hydrogens is 436 g/mol. The average molecular weight is 456 g/mol. The van der Waals surface area contributed by atoms with Gasteiger partial charge in [-0.25, -0.2) is 0 Å². The van der Waals surface area contributed by atoms with Gasteiger partial charge in [-0.15, -0.1) is 0 Å². The first-order valence-corrected chi connectivity index (χ1v) is 9.96. The summed E-state index contributed by atoms with van der Waals surface area (Å²) in [5.41, 5.74) is -3.91. The molecule has 4 rings (SSSR count). The summed E-state index contributed by atoms with van der Waals surface area (Å²) in [6.45, 7) is 0.310. The summed E-state index contributed by atoms with van der Waals surface area (Å²) < 4.78 is 9.80. The SMILES string of the molecule is COc1cccc2c1C(=O)c1c(O)c3c(c(O)c1C2=O)CC(O)(C(=O)COC(C)=O)CC3O. The number of phenols is 2. The van der Waals surface area contributed by atoms with Crippen LogP contribution in [0.4, 0.5) is 0 Å². The lowest BCUT2D eigenvalue weighted by Crippen LogP contribution is -2.47. The minimum atomic E-state index is -2.25. The molecule has 172 valence electrons. The van der Waals surface area contributed by atoms with Gasteiger partial charge >= 0.3 is 5.97 Å². The number of carbonyl (C=O) groups excluding carboxylic acids is 4. The predicted octanol–water partition coefficient (Wildman–Crippen LogP) is 0.725. The summed E-state index contributed by atoms with van der Waals surface area (Å²) in [7, 11) is 1.31. The van der Waals surface area contributed by atoms with Gasteiger partial charge in [-0.3, -0.25) is 19.2 Å². The number of hydrogen-bond acceptors (Lipinski definition) is 10. The molecule has 2 aliphatic carbocycles. The van der Waals surface area contributed by atoms with E-state index in [9.17, 15) is 39.6 Å². The van der Waals surface area contributed by atoms with E-state index in [0.29, 0.717) is 0 Å². The van der Waals surface area contributed by atoms with Crippen molar-refractivity contribution >= 4 is 23.3 Å². The third kappa shape index (κ3) is 3.26. The molecule has 0 heterocycles. The Morgan fingerprint density at radius 3 is 2.39 bits per heavy atom. The Morgan fingerprint density at radius 2 is 1.76 bits per heavy atom. The Morgan fingerprint density at radius 1 is 1.09 bits per heavy atom. The second kappa shape index (κ2) is 7.68. The fourth-order valence-corrected chi connectivity index (χ4v) is 4.46. The summed E-state index contributed by atoms with van der Waals surface area (Å²) >= 11 is 0. The van der Waals surface area contributed by atoms with Gasteiger partial charge in [0, 0.05) is 36.5 Å². The van der Waals surface area contributed by atoms with Crippen LogP contribution in [0, 0.1) is 0 Å². The Kier molecular flexibility index (Phi) is 5.22. The van der Waals surface area contributed by atoms with Crippen molar-refractivity contribution in [2.24, 2.45) is 0 Å². The maximum Gasteiger partial charge on any atom is 0.303 e. The van der Waals surface area contributed by atoms with Crippen molar-refractivity contribution < 1.29 is 49.1 Å². The highest BCUT2D eigenvalue weighted by molar-refractivity contribution is 6.31. The lowest BCUT2D eigenvalue weighted by Gasteiger charge is -2.37. The van der Waals surface area contributed by atoms with E-state index in [2.05, 4.69) is 4.74 Å². The molecule has 2 atom stereocenters. The normalized spacial score (nSPS) is 21.0. The fourth-order valence-electron chi connectivity index (χ4n) is 4.46. The van der Waals surface area contributed by atoms with Crippen molar-refractivity contribution in [1.82, 2.24) is 0 Å². The highest BCUT2D eigenvalue weighted by atomic mass is 16.5. The van der Waals surface area contributed by atoms with Crippen LogP contribution in [0.2, 0.25) is 0 Å². The first-order valence-electron chi connectivity index (χ1n) is 9.96. The fraction of sp³-hybridized carbons (Fsp3) is 0.304. The van der Waals surface area contributed by atoms with Crippen LogP contribution in [0.5, 0.6) is 17.2 Å². The zero-order valence-electron chi connectivity index (χ0n) is 17.7. The van der Waals surface area contributed by atoms with Gasteiger partial charge in [0.2, 0.25) is 11.6 Å². The second-order valence-corrected chi connectivity index (χ2v) is 8.01. The summed E-state index contributed by atoms with van der Waals surface area (Å²) in [5, 5.41) is 43.4. The van der Waals surface area contributed by atoms with Crippen LogP contribution < -0.4 is 4.74 Å². The number of phenolic OH excluding ortho intramolecular Hbond substituents is 2. The van der Waals surface area contributed by atoms with Crippen LogP contribution in [0.15, 0.2) is 18.2 Å². The number of aliphatic hydroxyl groups excluding tert-OH is 1. The standard InChI is InChI=1S/C23H20O10/c1-9(24)33-8-14(26)23(31)6-11-15(12(25)7-23)21(29)18-17(20(11)28)19(27)10-4-3-5-13(32-2)16(10)22(18)30/h3-5,12,25,28-29,31H,6-8H2,1-2H3. The van der Waals surface area contributed by atoms with Gasteiger partial charge in [-0.1, -0.05) is 12.1 Å². The number of methoxy groups -OCH3 is 1. The number of fused-ring (bicyclic) bond motifs is 3. The topological polar surface area (TPSA) is 168 Å². The second-order valence-electron chi connectivity index (χ2n) is 8.01. The number of Topliss-reactive ketones (excluding diaryl/α,β-unsaturated/α-hetero) is 1. The van der Waals surface area contributed by atoms with Gasteiger partial charge < -0.3 is 29.9 Å². The summed E-state index contributed by atoms with van der Waals surface area (Å²) in [5.74, 6) is -4.61. The van der Waals surface area contributed by atoms with E-state index in [1.54, 1.807) is 0 Å². The number of ether oxygens (including phenoxy) is 2. The van der Waals surface area contributed by atoms with Crippen LogP contribution in [0.3, 0.4) is 0 Å². The summed E-state index contributed by atoms with van der Waals surface area (Å²) in [6.07, 6.45) is -2.84. The molecule has 0 spiro atoms. The Hall–Kier alpha value is -3.76. The van der Waals surface area contributed by atoms with E-state index >= 15 is 0 Å². The molecule has 0 aliphatic heterocycles. The molecule has 0 fully saturated rings. The lowest BCUT2D eigenvalue weighted by molar-refractivity contribution is -0.155. The maximum atomic E-state index is 13.2. The molecule has 2 unspecified atom stereocenters. The highest BCUT2D eigenvalue weighted by Crippen LogP contribution is 2.50. The van der Waals surface area contributed by atoms with Gasteiger partial charge in [0.25, 0.3) is 0 Å². The zero-order chi connectivity index (χ0) is 24.2. The largest absolute Gasteiger partial charge is 0.507 e. The van der Waals surface area contributed by atoms with E-state index < -0.39 is 77.1 Å². The van der Waals surface area contributed by atoms with Crippen LogP contribution >= 0.6 is 0 Å². The van der Waals surface area contributed by atoms with Crippen molar-refractivity contribution in [2.45, 2.75) is 31.5 Å². The van der Waals surface area contributed by atoms with Crippen LogP contribution in [0.25, 0.3) is 0 Å². The van der Waals surface area contributed by atoms with Gasteiger partial charge in [-0.05, 0) is 6.07 Å². The number of hydrogen-bond donors (Lipinski definition) is 4. The average Bonchev–Trinajstić information content (AvgIpc) is 2.76. The number of aromatic hydroxyl groups is 2. The van der Waals surface area contributed by atoms with Crippen LogP contribution in [-0.4, -0.2) is 63.1 Å². The van der Waals surface area contributed by atoms with Gasteiger partial charge in [0.1, 0.15) is 22.8 Å². The third-order valence-corrected chi connectivity index (χ3v) is 6.02. The molecule has 2 aliphatic rings. The van der Waals surface area contributed by atoms with Crippen molar-refractivity contribution in [3.05, 3.63) is 51.6 Å². The molecular formula is C23H20O10. The minimum Gasteiger partial charge on any atom is -0.507 e. The highest BCUT2D eigenvalue weighted by Gasteiger charge is 2.48. The molecule has 4 N–H and O–H groups in total.